The third-order valence-corrected chi connectivity index (χ3v) is 3.79. The molecule has 6 nitrogen and oxygen atoms in total. The Bertz CT molecular complexity index is 494. The molecule has 1 fully saturated rings. The third kappa shape index (κ3) is 1.47. The van der Waals surface area contributed by atoms with E-state index in [1.54, 1.807) is 4.68 Å². The molecular formula is C11H13N3O3. The number of ketones is 1. The summed E-state index contributed by atoms with van der Waals surface area (Å²) in [5, 5.41) is 16.6. The van der Waals surface area contributed by atoms with Crippen molar-refractivity contribution in [3.05, 3.63) is 11.4 Å². The number of carbonyl (C=O) groups excluding carboxylic acids is 1. The molecule has 1 aliphatic carbocycles. The summed E-state index contributed by atoms with van der Waals surface area (Å²) < 4.78 is 1.68. The number of aromatic nitrogens is 3. The average Bonchev–Trinajstić information content (AvgIpc) is 2.73. The fourth-order valence-electron chi connectivity index (χ4n) is 2.99. The fourth-order valence-corrected chi connectivity index (χ4v) is 2.99. The van der Waals surface area contributed by atoms with Crippen LogP contribution in [0.2, 0.25) is 0 Å². The number of Topliss-reactive ketones (excluding diaryl/α,β-unsaturated/α-hetero) is 1. The van der Waals surface area contributed by atoms with Gasteiger partial charge in [-0.2, -0.15) is 0 Å². The molecule has 1 N–H and O–H groups in total. The summed E-state index contributed by atoms with van der Waals surface area (Å²) in [6, 6.07) is 0.0283. The highest BCUT2D eigenvalue weighted by molar-refractivity contribution is 5.91. The Morgan fingerprint density at radius 2 is 2.12 bits per heavy atom. The van der Waals surface area contributed by atoms with E-state index >= 15 is 0 Å². The molecule has 3 rings (SSSR count). The highest BCUT2D eigenvalue weighted by Gasteiger charge is 2.40. The largest absolute Gasteiger partial charge is 0.476 e. The molecule has 0 radical (unpaired) electrons. The molecule has 0 saturated heterocycles. The Hall–Kier alpha value is -1.72. The van der Waals surface area contributed by atoms with Gasteiger partial charge in [-0.25, -0.2) is 9.48 Å². The first-order chi connectivity index (χ1) is 8.18. The van der Waals surface area contributed by atoms with Crippen LogP contribution in [0.5, 0.6) is 0 Å². The number of aromatic carboxylic acids is 1. The molecule has 2 heterocycles. The monoisotopic (exact) mass is 235 g/mol. The number of hydrogen-bond acceptors (Lipinski definition) is 4. The van der Waals surface area contributed by atoms with Gasteiger partial charge in [0.25, 0.3) is 0 Å². The SMILES string of the molecule is O=C(O)c1nnn2c1CC(=O)C1CCCCC12. The fraction of sp³-hybridized carbons (Fsp3) is 0.636. The molecular weight excluding hydrogens is 222 g/mol. The Morgan fingerprint density at radius 1 is 1.35 bits per heavy atom. The van der Waals surface area contributed by atoms with Crippen LogP contribution in [0, 0.1) is 5.92 Å². The van der Waals surface area contributed by atoms with Crippen LogP contribution in [0.1, 0.15) is 47.9 Å². The quantitative estimate of drug-likeness (QED) is 0.779. The summed E-state index contributed by atoms with van der Waals surface area (Å²) in [5.41, 5.74) is 0.410. The molecule has 17 heavy (non-hydrogen) atoms. The number of hydrogen-bond donors (Lipinski definition) is 1. The molecule has 90 valence electrons. The van der Waals surface area contributed by atoms with Gasteiger partial charge in [0.2, 0.25) is 0 Å². The lowest BCUT2D eigenvalue weighted by molar-refractivity contribution is -0.126. The molecule has 1 aromatic rings. The van der Waals surface area contributed by atoms with Crippen LogP contribution in [0.4, 0.5) is 0 Å². The number of fused-ring (bicyclic) bond motifs is 3. The molecule has 0 spiro atoms. The molecule has 2 atom stereocenters. The second kappa shape index (κ2) is 3.65. The summed E-state index contributed by atoms with van der Waals surface area (Å²) in [5.74, 6) is -0.945. The minimum Gasteiger partial charge on any atom is -0.476 e. The number of carbonyl (C=O) groups is 2. The second-order valence-electron chi connectivity index (χ2n) is 4.74. The third-order valence-electron chi connectivity index (χ3n) is 3.79. The Kier molecular flexibility index (Phi) is 2.24. The van der Waals surface area contributed by atoms with Gasteiger partial charge < -0.3 is 5.11 Å². The Morgan fingerprint density at radius 3 is 2.88 bits per heavy atom. The lowest BCUT2D eigenvalue weighted by Crippen LogP contribution is -2.37. The van der Waals surface area contributed by atoms with E-state index in [1.807, 2.05) is 0 Å². The lowest BCUT2D eigenvalue weighted by atomic mass is 9.78. The van der Waals surface area contributed by atoms with Gasteiger partial charge in [-0.15, -0.1) is 5.10 Å². The van der Waals surface area contributed by atoms with Gasteiger partial charge >= 0.3 is 5.97 Å². The van der Waals surface area contributed by atoms with Crippen LogP contribution in [0.15, 0.2) is 0 Å². The van der Waals surface area contributed by atoms with E-state index in [-0.39, 0.29) is 29.9 Å². The van der Waals surface area contributed by atoms with Crippen molar-refractivity contribution in [1.82, 2.24) is 15.0 Å². The normalized spacial score (nSPS) is 27.4. The average molecular weight is 235 g/mol. The number of carboxylic acid groups (broad SMARTS) is 1. The van der Waals surface area contributed by atoms with Crippen molar-refractivity contribution in [3.8, 4) is 0 Å². The van der Waals surface area contributed by atoms with Gasteiger partial charge in [0.05, 0.1) is 18.2 Å². The van der Waals surface area contributed by atoms with Gasteiger partial charge in [0, 0.05) is 5.92 Å². The zero-order valence-corrected chi connectivity index (χ0v) is 9.30. The van der Waals surface area contributed by atoms with Crippen LogP contribution in [-0.2, 0) is 11.2 Å². The molecule has 6 heteroatoms. The first-order valence-electron chi connectivity index (χ1n) is 5.88. The van der Waals surface area contributed by atoms with Crippen LogP contribution in [0.25, 0.3) is 0 Å². The summed E-state index contributed by atoms with van der Waals surface area (Å²) >= 11 is 0. The van der Waals surface area contributed by atoms with Gasteiger partial charge in [0.1, 0.15) is 5.78 Å². The maximum Gasteiger partial charge on any atom is 0.358 e. The van der Waals surface area contributed by atoms with Gasteiger partial charge in [-0.1, -0.05) is 18.1 Å². The maximum absolute atomic E-state index is 12.0. The van der Waals surface area contributed by atoms with Crippen molar-refractivity contribution >= 4 is 11.8 Å². The van der Waals surface area contributed by atoms with Crippen molar-refractivity contribution < 1.29 is 14.7 Å². The number of carboxylic acids is 1. The standard InChI is InChI=1S/C11H13N3O3/c15-9-5-8-10(11(16)17)12-13-14(8)7-4-2-1-3-6(7)9/h6-7H,1-5H2,(H,16,17). The Balaban J connectivity index is 2.07. The molecule has 2 aliphatic rings. The zero-order chi connectivity index (χ0) is 12.0. The highest BCUT2D eigenvalue weighted by atomic mass is 16.4. The Labute approximate surface area is 97.6 Å². The molecule has 0 aromatic carbocycles. The summed E-state index contributed by atoms with van der Waals surface area (Å²) in [7, 11) is 0. The van der Waals surface area contributed by atoms with Crippen molar-refractivity contribution in [2.75, 3.05) is 0 Å². The molecule has 1 aliphatic heterocycles. The minimum atomic E-state index is -1.10. The van der Waals surface area contributed by atoms with E-state index in [9.17, 15) is 9.59 Å². The molecule has 1 aromatic heterocycles. The van der Waals surface area contributed by atoms with Gasteiger partial charge in [0.15, 0.2) is 5.69 Å². The maximum atomic E-state index is 12.0. The molecule has 0 amide bonds. The molecule has 0 bridgehead atoms. The summed E-state index contributed by atoms with van der Waals surface area (Å²) in [6.07, 6.45) is 4.09. The highest BCUT2D eigenvalue weighted by Crippen LogP contribution is 2.38. The topological polar surface area (TPSA) is 85.1 Å². The van der Waals surface area contributed by atoms with Crippen molar-refractivity contribution in [1.29, 1.82) is 0 Å². The van der Waals surface area contributed by atoms with E-state index in [0.717, 1.165) is 25.7 Å². The van der Waals surface area contributed by atoms with Crippen LogP contribution in [-0.4, -0.2) is 31.9 Å². The van der Waals surface area contributed by atoms with E-state index < -0.39 is 5.97 Å². The number of rotatable bonds is 1. The zero-order valence-electron chi connectivity index (χ0n) is 9.30. The lowest BCUT2D eigenvalue weighted by Gasteiger charge is -2.34. The van der Waals surface area contributed by atoms with Crippen molar-refractivity contribution in [2.24, 2.45) is 5.92 Å². The molecule has 1 saturated carbocycles. The minimum absolute atomic E-state index is 0.0135. The summed E-state index contributed by atoms with van der Waals surface area (Å²) in [4.78, 5) is 23.0. The number of nitrogens with zero attached hydrogens (tertiary/aromatic N) is 3. The summed E-state index contributed by atoms with van der Waals surface area (Å²) in [6.45, 7) is 0. The van der Waals surface area contributed by atoms with E-state index in [1.165, 1.54) is 0 Å². The predicted octanol–water partition coefficient (Wildman–Crippen LogP) is 0.833. The molecule has 2 unspecified atom stereocenters. The van der Waals surface area contributed by atoms with Crippen LogP contribution in [0.3, 0.4) is 0 Å². The van der Waals surface area contributed by atoms with E-state index in [2.05, 4.69) is 10.3 Å². The van der Waals surface area contributed by atoms with Crippen molar-refractivity contribution in [3.63, 3.8) is 0 Å². The predicted molar refractivity (Wildman–Crippen MR) is 56.7 cm³/mol. The van der Waals surface area contributed by atoms with E-state index in [4.69, 9.17) is 5.11 Å². The van der Waals surface area contributed by atoms with Crippen molar-refractivity contribution in [2.45, 2.75) is 38.1 Å². The smallest absolute Gasteiger partial charge is 0.358 e. The van der Waals surface area contributed by atoms with Crippen LogP contribution >= 0.6 is 0 Å². The van der Waals surface area contributed by atoms with E-state index in [0.29, 0.717) is 5.69 Å². The van der Waals surface area contributed by atoms with Crippen LogP contribution < -0.4 is 0 Å². The van der Waals surface area contributed by atoms with Gasteiger partial charge in [-0.05, 0) is 12.8 Å². The second-order valence-corrected chi connectivity index (χ2v) is 4.74. The first-order valence-corrected chi connectivity index (χ1v) is 5.88. The first kappa shape index (κ1) is 10.4. The van der Waals surface area contributed by atoms with Gasteiger partial charge in [-0.3, -0.25) is 4.79 Å².